The van der Waals surface area contributed by atoms with E-state index in [4.69, 9.17) is 5.11 Å². The third kappa shape index (κ3) is 2.31. The van der Waals surface area contributed by atoms with Gasteiger partial charge in [-0.3, -0.25) is 4.98 Å². The molecule has 0 aromatic carbocycles. The van der Waals surface area contributed by atoms with E-state index in [1.165, 1.54) is 6.20 Å². The van der Waals surface area contributed by atoms with Crippen molar-refractivity contribution in [1.29, 1.82) is 0 Å². The van der Waals surface area contributed by atoms with Crippen molar-refractivity contribution in [3.05, 3.63) is 41.5 Å². The largest absolute Gasteiger partial charge is 0.476 e. The van der Waals surface area contributed by atoms with Gasteiger partial charge in [0.2, 0.25) is 0 Å². The summed E-state index contributed by atoms with van der Waals surface area (Å²) in [7, 11) is 0. The maximum absolute atomic E-state index is 12.8. The van der Waals surface area contributed by atoms with Gasteiger partial charge < -0.3 is 5.11 Å². The van der Waals surface area contributed by atoms with Crippen molar-refractivity contribution >= 4 is 5.97 Å². The summed E-state index contributed by atoms with van der Waals surface area (Å²) in [6.45, 7) is -0.00616. The molecule has 6 nitrogen and oxygen atoms in total. The molecule has 0 unspecified atom stereocenters. The van der Waals surface area contributed by atoms with Crippen molar-refractivity contribution < 1.29 is 18.7 Å². The van der Waals surface area contributed by atoms with Gasteiger partial charge in [0, 0.05) is 12.4 Å². The van der Waals surface area contributed by atoms with Crippen molar-refractivity contribution in [3.63, 3.8) is 0 Å². The summed E-state index contributed by atoms with van der Waals surface area (Å²) < 4.78 is 26.5. The molecule has 2 aromatic rings. The Morgan fingerprint density at radius 1 is 1.50 bits per heavy atom. The minimum Gasteiger partial charge on any atom is -0.476 e. The molecule has 0 fully saturated rings. The van der Waals surface area contributed by atoms with Crippen LogP contribution in [-0.2, 0) is 6.54 Å². The van der Waals surface area contributed by atoms with Gasteiger partial charge in [-0.2, -0.15) is 0 Å². The predicted octanol–water partition coefficient (Wildman–Crippen LogP) is 1.36. The van der Waals surface area contributed by atoms with Crippen LogP contribution in [0, 0.1) is 0 Å². The lowest BCUT2D eigenvalue weighted by Crippen LogP contribution is -2.10. The molecular weight excluding hydrogens is 246 g/mol. The fourth-order valence-corrected chi connectivity index (χ4v) is 1.47. The molecule has 0 amide bonds. The summed E-state index contributed by atoms with van der Waals surface area (Å²) in [6, 6.07) is 3.32. The summed E-state index contributed by atoms with van der Waals surface area (Å²) in [5.74, 6) is -1.53. The number of halogens is 2. The monoisotopic (exact) mass is 254 g/mol. The molecule has 18 heavy (non-hydrogen) atoms. The summed E-state index contributed by atoms with van der Waals surface area (Å²) in [5, 5.41) is 15.4. The van der Waals surface area contributed by atoms with E-state index in [0.29, 0.717) is 5.56 Å². The Morgan fingerprint density at radius 2 is 2.28 bits per heavy atom. The quantitative estimate of drug-likeness (QED) is 0.890. The topological polar surface area (TPSA) is 80.9 Å². The van der Waals surface area contributed by atoms with Gasteiger partial charge in [-0.05, 0) is 11.6 Å². The molecule has 0 bridgehead atoms. The molecule has 2 aromatic heterocycles. The van der Waals surface area contributed by atoms with Gasteiger partial charge in [-0.1, -0.05) is 11.3 Å². The zero-order valence-electron chi connectivity index (χ0n) is 8.99. The molecule has 0 aliphatic rings. The number of rotatable bonds is 4. The number of carboxylic acid groups (broad SMARTS) is 1. The highest BCUT2D eigenvalue weighted by atomic mass is 19.3. The molecule has 0 saturated carbocycles. The van der Waals surface area contributed by atoms with E-state index in [1.54, 1.807) is 18.3 Å². The summed E-state index contributed by atoms with van der Waals surface area (Å²) in [5.41, 5.74) is -0.804. The van der Waals surface area contributed by atoms with Crippen LogP contribution in [-0.4, -0.2) is 31.1 Å². The SMILES string of the molecule is O=C(O)c1nnn(Cc2cccnc2)c1C(F)F. The van der Waals surface area contributed by atoms with Gasteiger partial charge in [-0.25, -0.2) is 18.3 Å². The zero-order valence-corrected chi connectivity index (χ0v) is 8.99. The number of hydrogen-bond acceptors (Lipinski definition) is 4. The van der Waals surface area contributed by atoms with Gasteiger partial charge in [0.1, 0.15) is 5.69 Å². The fraction of sp³-hybridized carbons (Fsp3) is 0.200. The van der Waals surface area contributed by atoms with E-state index >= 15 is 0 Å². The van der Waals surface area contributed by atoms with Gasteiger partial charge in [-0.15, -0.1) is 5.10 Å². The summed E-state index contributed by atoms with van der Waals surface area (Å²) >= 11 is 0. The highest BCUT2D eigenvalue weighted by Crippen LogP contribution is 2.22. The first-order chi connectivity index (χ1) is 8.59. The Labute approximate surface area is 99.9 Å². The van der Waals surface area contributed by atoms with Crippen molar-refractivity contribution in [1.82, 2.24) is 20.0 Å². The fourth-order valence-electron chi connectivity index (χ4n) is 1.47. The molecule has 0 atom stereocenters. The molecule has 1 N–H and O–H groups in total. The van der Waals surface area contributed by atoms with E-state index in [0.717, 1.165) is 4.68 Å². The van der Waals surface area contributed by atoms with E-state index in [-0.39, 0.29) is 6.54 Å². The lowest BCUT2D eigenvalue weighted by atomic mass is 10.2. The number of aromatic nitrogens is 4. The average Bonchev–Trinajstić information content (AvgIpc) is 2.74. The van der Waals surface area contributed by atoms with Crippen molar-refractivity contribution in [3.8, 4) is 0 Å². The first-order valence-electron chi connectivity index (χ1n) is 4.93. The average molecular weight is 254 g/mol. The van der Waals surface area contributed by atoms with Crippen molar-refractivity contribution in [2.45, 2.75) is 13.0 Å². The first kappa shape index (κ1) is 12.1. The Kier molecular flexibility index (Phi) is 3.26. The Morgan fingerprint density at radius 3 is 2.83 bits per heavy atom. The molecule has 0 radical (unpaired) electrons. The summed E-state index contributed by atoms with van der Waals surface area (Å²) in [6.07, 6.45) is 0.0709. The second-order valence-corrected chi connectivity index (χ2v) is 3.45. The van der Waals surface area contributed by atoms with Crippen LogP contribution in [0.5, 0.6) is 0 Å². The number of pyridine rings is 1. The molecule has 2 rings (SSSR count). The second kappa shape index (κ2) is 4.86. The number of carbonyl (C=O) groups is 1. The highest BCUT2D eigenvalue weighted by molar-refractivity contribution is 5.86. The van der Waals surface area contributed by atoms with Crippen LogP contribution in [0.3, 0.4) is 0 Å². The standard InChI is InChI=1S/C10H8F2N4O2/c11-9(12)8-7(10(17)18)14-15-16(8)5-6-2-1-3-13-4-6/h1-4,9H,5H2,(H,17,18). The van der Waals surface area contributed by atoms with Gasteiger partial charge >= 0.3 is 5.97 Å². The Balaban J connectivity index is 2.37. The van der Waals surface area contributed by atoms with Crippen LogP contribution in [0.2, 0.25) is 0 Å². The molecule has 0 spiro atoms. The normalized spacial score (nSPS) is 10.8. The van der Waals surface area contributed by atoms with Crippen molar-refractivity contribution in [2.75, 3.05) is 0 Å². The van der Waals surface area contributed by atoms with E-state index in [2.05, 4.69) is 15.3 Å². The molecule has 8 heteroatoms. The summed E-state index contributed by atoms with van der Waals surface area (Å²) in [4.78, 5) is 14.6. The maximum atomic E-state index is 12.8. The molecule has 2 heterocycles. The number of alkyl halides is 2. The number of aromatic carboxylic acids is 1. The van der Waals surface area contributed by atoms with Crippen LogP contribution in [0.1, 0.15) is 28.2 Å². The lowest BCUT2D eigenvalue weighted by Gasteiger charge is -2.05. The van der Waals surface area contributed by atoms with E-state index < -0.39 is 23.8 Å². The Hall–Kier alpha value is -2.38. The number of nitrogens with zero attached hydrogens (tertiary/aromatic N) is 4. The van der Waals surface area contributed by atoms with Crippen LogP contribution in [0.4, 0.5) is 8.78 Å². The lowest BCUT2D eigenvalue weighted by molar-refractivity contribution is 0.0675. The van der Waals surface area contributed by atoms with Crippen LogP contribution >= 0.6 is 0 Å². The third-order valence-corrected chi connectivity index (χ3v) is 2.24. The highest BCUT2D eigenvalue weighted by Gasteiger charge is 2.26. The van der Waals surface area contributed by atoms with Crippen LogP contribution in [0.25, 0.3) is 0 Å². The van der Waals surface area contributed by atoms with Crippen molar-refractivity contribution in [2.24, 2.45) is 0 Å². The van der Waals surface area contributed by atoms with Gasteiger partial charge in [0.15, 0.2) is 5.69 Å². The van der Waals surface area contributed by atoms with Gasteiger partial charge in [0.05, 0.1) is 6.54 Å². The molecule has 0 aliphatic carbocycles. The zero-order chi connectivity index (χ0) is 13.1. The predicted molar refractivity (Wildman–Crippen MR) is 55.3 cm³/mol. The Bertz CT molecular complexity index is 556. The first-order valence-corrected chi connectivity index (χ1v) is 4.93. The molecular formula is C10H8F2N4O2. The van der Waals surface area contributed by atoms with E-state index in [1.807, 2.05) is 0 Å². The number of carboxylic acids is 1. The third-order valence-electron chi connectivity index (χ3n) is 2.24. The minimum atomic E-state index is -2.96. The molecule has 94 valence electrons. The smallest absolute Gasteiger partial charge is 0.358 e. The number of hydrogen-bond donors (Lipinski definition) is 1. The van der Waals surface area contributed by atoms with Crippen LogP contribution < -0.4 is 0 Å². The molecule has 0 saturated heterocycles. The minimum absolute atomic E-state index is 0.00616. The van der Waals surface area contributed by atoms with Crippen LogP contribution in [0.15, 0.2) is 24.5 Å². The maximum Gasteiger partial charge on any atom is 0.358 e. The van der Waals surface area contributed by atoms with E-state index in [9.17, 15) is 13.6 Å². The second-order valence-electron chi connectivity index (χ2n) is 3.45. The van der Waals surface area contributed by atoms with Gasteiger partial charge in [0.25, 0.3) is 6.43 Å². The molecule has 0 aliphatic heterocycles.